The highest BCUT2D eigenvalue weighted by molar-refractivity contribution is 6.16. The van der Waals surface area contributed by atoms with E-state index in [0.717, 1.165) is 25.0 Å². The Morgan fingerprint density at radius 2 is 2.00 bits per heavy atom. The molecule has 3 aromatic rings. The molecule has 1 unspecified atom stereocenters. The van der Waals surface area contributed by atoms with Gasteiger partial charge >= 0.3 is 0 Å². The smallest absolute Gasteiger partial charge is 0.195 e. The second-order valence-electron chi connectivity index (χ2n) is 7.52. The van der Waals surface area contributed by atoms with Crippen molar-refractivity contribution in [3.05, 3.63) is 65.6 Å². The molecule has 1 aliphatic heterocycles. The van der Waals surface area contributed by atoms with Gasteiger partial charge in [-0.05, 0) is 75.3 Å². The van der Waals surface area contributed by atoms with Crippen molar-refractivity contribution in [2.24, 2.45) is 0 Å². The molecule has 1 fully saturated rings. The standard InChI is InChI=1S/C23H25FN2O2/c1-25-12-3-4-18(25)11-13-26-15-21(20-14-17(24)7-10-22(20)26)23(27)16-5-8-19(28-2)9-6-16/h5-10,14-15,18H,3-4,11-13H2,1-2H3. The minimum atomic E-state index is -0.329. The molecule has 5 heteroatoms. The number of hydrogen-bond donors (Lipinski definition) is 0. The van der Waals surface area contributed by atoms with Crippen LogP contribution in [0.25, 0.3) is 10.9 Å². The van der Waals surface area contributed by atoms with Crippen molar-refractivity contribution in [1.29, 1.82) is 0 Å². The highest BCUT2D eigenvalue weighted by Crippen LogP contribution is 2.27. The number of carbonyl (C=O) groups is 1. The lowest BCUT2D eigenvalue weighted by Gasteiger charge is -2.19. The number of benzene rings is 2. The van der Waals surface area contributed by atoms with E-state index in [9.17, 15) is 9.18 Å². The number of nitrogens with zero attached hydrogens (tertiary/aromatic N) is 2. The van der Waals surface area contributed by atoms with Gasteiger partial charge in [0.15, 0.2) is 5.78 Å². The van der Waals surface area contributed by atoms with Gasteiger partial charge in [-0.15, -0.1) is 0 Å². The van der Waals surface area contributed by atoms with Crippen molar-refractivity contribution in [3.63, 3.8) is 0 Å². The number of carbonyl (C=O) groups excluding carboxylic acids is 1. The topological polar surface area (TPSA) is 34.5 Å². The van der Waals surface area contributed by atoms with Gasteiger partial charge in [0, 0.05) is 40.8 Å². The molecule has 0 radical (unpaired) electrons. The van der Waals surface area contributed by atoms with Crippen LogP contribution in [0.4, 0.5) is 4.39 Å². The molecule has 0 aliphatic carbocycles. The van der Waals surface area contributed by atoms with Gasteiger partial charge in [0.05, 0.1) is 7.11 Å². The molecule has 0 bridgehead atoms. The van der Waals surface area contributed by atoms with Crippen molar-refractivity contribution >= 4 is 16.7 Å². The zero-order valence-corrected chi connectivity index (χ0v) is 16.3. The molecule has 1 saturated heterocycles. The zero-order valence-electron chi connectivity index (χ0n) is 16.3. The van der Waals surface area contributed by atoms with Crippen LogP contribution in [0.3, 0.4) is 0 Å². The van der Waals surface area contributed by atoms with Crippen LogP contribution in [-0.4, -0.2) is 42.0 Å². The molecular weight excluding hydrogens is 355 g/mol. The Bertz CT molecular complexity index is 994. The summed E-state index contributed by atoms with van der Waals surface area (Å²) in [4.78, 5) is 15.5. The van der Waals surface area contributed by atoms with Crippen molar-refractivity contribution in [2.45, 2.75) is 31.8 Å². The Morgan fingerprint density at radius 1 is 1.21 bits per heavy atom. The van der Waals surface area contributed by atoms with E-state index in [4.69, 9.17) is 4.74 Å². The fourth-order valence-corrected chi connectivity index (χ4v) is 4.17. The lowest BCUT2D eigenvalue weighted by molar-refractivity contribution is 0.104. The van der Waals surface area contributed by atoms with Crippen molar-refractivity contribution in [3.8, 4) is 5.75 Å². The number of likely N-dealkylation sites (tertiary alicyclic amines) is 1. The monoisotopic (exact) mass is 380 g/mol. The Labute approximate surface area is 164 Å². The third-order valence-corrected chi connectivity index (χ3v) is 5.81. The van der Waals surface area contributed by atoms with E-state index in [1.807, 2.05) is 6.20 Å². The summed E-state index contributed by atoms with van der Waals surface area (Å²) in [5.41, 5.74) is 2.01. The predicted molar refractivity (Wildman–Crippen MR) is 109 cm³/mol. The number of aryl methyl sites for hydroxylation is 1. The van der Waals surface area contributed by atoms with Crippen LogP contribution in [0.15, 0.2) is 48.7 Å². The van der Waals surface area contributed by atoms with Gasteiger partial charge in [0.25, 0.3) is 0 Å². The molecule has 4 nitrogen and oxygen atoms in total. The second kappa shape index (κ2) is 7.76. The third kappa shape index (κ3) is 3.54. The van der Waals surface area contributed by atoms with E-state index in [2.05, 4.69) is 16.5 Å². The second-order valence-corrected chi connectivity index (χ2v) is 7.52. The number of hydrogen-bond acceptors (Lipinski definition) is 3. The number of rotatable bonds is 6. The maximum Gasteiger partial charge on any atom is 0.195 e. The maximum absolute atomic E-state index is 13.9. The maximum atomic E-state index is 13.9. The molecule has 4 rings (SSSR count). The average molecular weight is 380 g/mol. The van der Waals surface area contributed by atoms with Crippen LogP contribution in [0.2, 0.25) is 0 Å². The fourth-order valence-electron chi connectivity index (χ4n) is 4.17. The molecule has 1 aromatic heterocycles. The highest BCUT2D eigenvalue weighted by Gasteiger charge is 2.22. The molecule has 0 saturated carbocycles. The van der Waals surface area contributed by atoms with E-state index in [-0.39, 0.29) is 11.6 Å². The summed E-state index contributed by atoms with van der Waals surface area (Å²) in [6.45, 7) is 1.95. The predicted octanol–water partition coefficient (Wildman–Crippen LogP) is 4.50. The normalized spacial score (nSPS) is 17.3. The summed E-state index contributed by atoms with van der Waals surface area (Å²) in [5, 5.41) is 0.667. The molecule has 0 amide bonds. The van der Waals surface area contributed by atoms with Crippen molar-refractivity contribution in [1.82, 2.24) is 9.47 Å². The molecule has 2 heterocycles. The van der Waals surface area contributed by atoms with Crippen LogP contribution in [0.5, 0.6) is 5.75 Å². The molecule has 2 aromatic carbocycles. The number of ketones is 1. The Hall–Kier alpha value is -2.66. The first-order chi connectivity index (χ1) is 13.6. The molecule has 28 heavy (non-hydrogen) atoms. The summed E-state index contributed by atoms with van der Waals surface area (Å²) in [5.74, 6) is 0.269. The number of ether oxygens (including phenoxy) is 1. The van der Waals surface area contributed by atoms with Gasteiger partial charge in [0.2, 0.25) is 0 Å². The van der Waals surface area contributed by atoms with Crippen LogP contribution in [0, 0.1) is 5.82 Å². The summed E-state index contributed by atoms with van der Waals surface area (Å²) in [6, 6.07) is 12.3. The Balaban J connectivity index is 1.67. The van der Waals surface area contributed by atoms with Crippen molar-refractivity contribution in [2.75, 3.05) is 20.7 Å². The van der Waals surface area contributed by atoms with E-state index >= 15 is 0 Å². The van der Waals surface area contributed by atoms with E-state index in [1.54, 1.807) is 37.4 Å². The number of aromatic nitrogens is 1. The summed E-state index contributed by atoms with van der Waals surface area (Å²) >= 11 is 0. The molecule has 146 valence electrons. The largest absolute Gasteiger partial charge is 0.497 e. The Morgan fingerprint density at radius 3 is 2.68 bits per heavy atom. The first-order valence-corrected chi connectivity index (χ1v) is 9.74. The van der Waals surface area contributed by atoms with E-state index in [1.165, 1.54) is 25.0 Å². The minimum Gasteiger partial charge on any atom is -0.497 e. The summed E-state index contributed by atoms with van der Waals surface area (Å²) < 4.78 is 21.2. The van der Waals surface area contributed by atoms with Crippen LogP contribution < -0.4 is 4.74 Å². The van der Waals surface area contributed by atoms with Crippen LogP contribution in [0.1, 0.15) is 35.2 Å². The third-order valence-electron chi connectivity index (χ3n) is 5.81. The van der Waals surface area contributed by atoms with Gasteiger partial charge in [0.1, 0.15) is 11.6 Å². The fraction of sp³-hybridized carbons (Fsp3) is 0.348. The lowest BCUT2D eigenvalue weighted by atomic mass is 10.0. The number of fused-ring (bicyclic) bond motifs is 1. The molecule has 1 aliphatic rings. The average Bonchev–Trinajstić information content (AvgIpc) is 3.28. The van der Waals surface area contributed by atoms with E-state index < -0.39 is 0 Å². The van der Waals surface area contributed by atoms with E-state index in [0.29, 0.717) is 28.3 Å². The minimum absolute atomic E-state index is 0.102. The van der Waals surface area contributed by atoms with Gasteiger partial charge in [-0.2, -0.15) is 0 Å². The number of halogens is 1. The number of methoxy groups -OCH3 is 1. The quantitative estimate of drug-likeness (QED) is 0.591. The molecular formula is C23H25FN2O2. The first kappa shape index (κ1) is 18.7. The molecule has 1 atom stereocenters. The molecule has 0 N–H and O–H groups in total. The SMILES string of the molecule is COc1ccc(C(=O)c2cn(CCC3CCCN3C)c3ccc(F)cc23)cc1. The van der Waals surface area contributed by atoms with Crippen molar-refractivity contribution < 1.29 is 13.9 Å². The van der Waals surface area contributed by atoms with Gasteiger partial charge in [-0.1, -0.05) is 0 Å². The highest BCUT2D eigenvalue weighted by atomic mass is 19.1. The summed E-state index contributed by atoms with van der Waals surface area (Å²) in [6.07, 6.45) is 5.35. The van der Waals surface area contributed by atoms with Crippen LogP contribution >= 0.6 is 0 Å². The van der Waals surface area contributed by atoms with Gasteiger partial charge < -0.3 is 14.2 Å². The Kier molecular flexibility index (Phi) is 5.18. The zero-order chi connectivity index (χ0) is 19.7. The summed E-state index contributed by atoms with van der Waals surface area (Å²) in [7, 11) is 3.76. The van der Waals surface area contributed by atoms with Gasteiger partial charge in [-0.3, -0.25) is 4.79 Å². The lowest BCUT2D eigenvalue weighted by Crippen LogP contribution is -2.25. The van der Waals surface area contributed by atoms with Crippen LogP contribution in [-0.2, 0) is 6.54 Å². The van der Waals surface area contributed by atoms with Gasteiger partial charge in [-0.25, -0.2) is 4.39 Å². The molecule has 0 spiro atoms. The first-order valence-electron chi connectivity index (χ1n) is 9.74.